The van der Waals surface area contributed by atoms with E-state index in [9.17, 15) is 33.2 Å². The van der Waals surface area contributed by atoms with E-state index in [0.29, 0.717) is 5.56 Å². The van der Waals surface area contributed by atoms with Gasteiger partial charge in [-0.1, -0.05) is 6.07 Å². The molecule has 0 amide bonds. The molecule has 0 saturated carbocycles. The van der Waals surface area contributed by atoms with Crippen molar-refractivity contribution in [1.29, 1.82) is 0 Å². The molecule has 1 aromatic heterocycles. The molecule has 0 aliphatic carbocycles. The molecular weight excluding hydrogens is 420 g/mol. The molecule has 0 bridgehead atoms. The van der Waals surface area contributed by atoms with Gasteiger partial charge in [-0.25, -0.2) is 4.98 Å². The third kappa shape index (κ3) is 6.00. The Kier molecular flexibility index (Phi) is 7.32. The van der Waals surface area contributed by atoms with Crippen molar-refractivity contribution in [3.63, 3.8) is 0 Å². The van der Waals surface area contributed by atoms with Crippen LogP contribution in [0.4, 0.5) is 18.9 Å². The number of alkyl halides is 3. The predicted octanol–water partition coefficient (Wildman–Crippen LogP) is 0.0949. The van der Waals surface area contributed by atoms with Crippen LogP contribution in [-0.4, -0.2) is 22.2 Å². The molecule has 13 heteroatoms. The number of carbonyl (C=O) groups is 1. The average molecular weight is 430 g/mol. The van der Waals surface area contributed by atoms with Gasteiger partial charge in [0.2, 0.25) is 5.89 Å². The molecule has 0 unspecified atom stereocenters. The summed E-state index contributed by atoms with van der Waals surface area (Å²) in [4.78, 5) is 25.3. The first-order chi connectivity index (χ1) is 14.1. The molecule has 0 fully saturated rings. The maximum Gasteiger partial charge on any atom is 1.00 e. The van der Waals surface area contributed by atoms with Crippen LogP contribution < -0.4 is 33.4 Å². The zero-order chi connectivity index (χ0) is 21.9. The predicted molar refractivity (Wildman–Crippen MR) is 90.4 cm³/mol. The van der Waals surface area contributed by atoms with Crippen LogP contribution in [0.25, 0.3) is 11.5 Å². The average Bonchev–Trinajstić information content (AvgIpc) is 3.14. The Morgan fingerprint density at radius 1 is 1.16 bits per heavy atom. The Balaban J connectivity index is 0.00000341. The molecule has 0 aliphatic heterocycles. The van der Waals surface area contributed by atoms with Crippen molar-refractivity contribution in [3.8, 4) is 23.0 Å². The van der Waals surface area contributed by atoms with Crippen molar-refractivity contribution in [3.05, 3.63) is 70.1 Å². The maximum absolute atomic E-state index is 12.2. The molecule has 0 atom stereocenters. The van der Waals surface area contributed by atoms with E-state index in [1.165, 1.54) is 30.5 Å². The van der Waals surface area contributed by atoms with E-state index < -0.39 is 34.3 Å². The number of oxazole rings is 1. The largest absolute Gasteiger partial charge is 1.00 e. The summed E-state index contributed by atoms with van der Waals surface area (Å²) in [7, 11) is 0. The summed E-state index contributed by atoms with van der Waals surface area (Å²) in [5.41, 5.74) is -1.06. The molecule has 2 aromatic carbocycles. The summed E-state index contributed by atoms with van der Waals surface area (Å²) < 4.78 is 51.1. The van der Waals surface area contributed by atoms with Gasteiger partial charge in [0.25, 0.3) is 0 Å². The van der Waals surface area contributed by atoms with E-state index in [0.717, 1.165) is 18.2 Å². The number of ether oxygens (including phenoxy) is 2. The molecule has 1 heterocycles. The fraction of sp³-hybridized carbons (Fsp3) is 0.111. The quantitative estimate of drug-likeness (QED) is 0.293. The number of carbonyl (C=O) groups excluding carboxylic acids is 1. The Hall–Kier alpha value is -3.49. The minimum absolute atomic E-state index is 0. The van der Waals surface area contributed by atoms with Crippen LogP contribution in [0.5, 0.6) is 11.5 Å². The Morgan fingerprint density at radius 3 is 2.42 bits per heavy atom. The number of para-hydroxylation sites is 1. The molecule has 0 radical (unpaired) electrons. The zero-order valence-corrected chi connectivity index (χ0v) is 15.7. The van der Waals surface area contributed by atoms with Crippen molar-refractivity contribution in [1.82, 2.24) is 4.98 Å². The second-order valence-corrected chi connectivity index (χ2v) is 5.69. The number of carboxylic acid groups (broad SMARTS) is 1. The van der Waals surface area contributed by atoms with Crippen LogP contribution >= 0.6 is 0 Å². The molecule has 0 N–H and O–H groups in total. The van der Waals surface area contributed by atoms with Crippen LogP contribution in [0.2, 0.25) is 0 Å². The van der Waals surface area contributed by atoms with Gasteiger partial charge in [0.15, 0.2) is 11.5 Å². The van der Waals surface area contributed by atoms with E-state index in [-0.39, 0.29) is 42.9 Å². The molecule has 156 valence electrons. The minimum Gasteiger partial charge on any atom is -0.545 e. The van der Waals surface area contributed by atoms with Crippen molar-refractivity contribution in [2.24, 2.45) is 0 Å². The smallest absolute Gasteiger partial charge is 0.545 e. The number of halogens is 3. The monoisotopic (exact) mass is 430 g/mol. The Morgan fingerprint density at radius 2 is 1.84 bits per heavy atom. The third-order valence-electron chi connectivity index (χ3n) is 3.66. The van der Waals surface area contributed by atoms with Gasteiger partial charge in [0, 0.05) is 5.56 Å². The number of nitro benzene ring substituents is 1. The number of aromatic nitrogens is 1. The SMILES string of the molecule is O=C([O-])c1cccc(OCc2cnc(-c3ccc(OC(F)(F)F)cc3)o2)c1[N+](=O)[O-].[Li+]. The van der Waals surface area contributed by atoms with Crippen molar-refractivity contribution >= 4 is 11.7 Å². The van der Waals surface area contributed by atoms with Crippen LogP contribution in [0, 0.1) is 10.1 Å². The molecule has 3 rings (SSSR count). The van der Waals surface area contributed by atoms with Gasteiger partial charge < -0.3 is 23.8 Å². The first kappa shape index (κ1) is 23.8. The third-order valence-corrected chi connectivity index (χ3v) is 3.66. The summed E-state index contributed by atoms with van der Waals surface area (Å²) in [5, 5.41) is 22.2. The number of benzene rings is 2. The number of carboxylic acids is 1. The molecule has 9 nitrogen and oxygen atoms in total. The van der Waals surface area contributed by atoms with Gasteiger partial charge in [-0.2, -0.15) is 0 Å². The van der Waals surface area contributed by atoms with Crippen LogP contribution in [0.1, 0.15) is 16.1 Å². The van der Waals surface area contributed by atoms with Gasteiger partial charge in [0.05, 0.1) is 22.7 Å². The first-order valence-electron chi connectivity index (χ1n) is 8.06. The molecule has 0 spiro atoms. The summed E-state index contributed by atoms with van der Waals surface area (Å²) in [6.07, 6.45) is -3.56. The van der Waals surface area contributed by atoms with Gasteiger partial charge in [-0.3, -0.25) is 10.1 Å². The number of nitrogens with zero attached hydrogens (tertiary/aromatic N) is 2. The molecular formula is C18H10F3LiN2O7. The van der Waals surface area contributed by atoms with Crippen LogP contribution in [0.15, 0.2) is 53.1 Å². The fourth-order valence-electron chi connectivity index (χ4n) is 2.45. The van der Waals surface area contributed by atoms with E-state index in [2.05, 4.69) is 9.72 Å². The fourth-order valence-corrected chi connectivity index (χ4v) is 2.45. The zero-order valence-electron chi connectivity index (χ0n) is 15.7. The summed E-state index contributed by atoms with van der Waals surface area (Å²) in [6.45, 7) is -0.320. The standard InChI is InChI=1S/C18H11F3N2O7.Li/c19-18(20,21)30-11-6-4-10(5-7-11)16-22-8-12(29-16)9-28-14-3-1-2-13(17(24)25)15(14)23(26)27;/h1-8H,9H2,(H,24,25);/q;+1/p-1. The van der Waals surface area contributed by atoms with Crippen molar-refractivity contribution in [2.75, 3.05) is 0 Å². The maximum atomic E-state index is 12.2. The van der Waals surface area contributed by atoms with E-state index in [4.69, 9.17) is 9.15 Å². The Bertz CT molecular complexity index is 1080. The molecule has 3 aromatic rings. The molecule has 0 saturated heterocycles. The number of aromatic carboxylic acids is 1. The van der Waals surface area contributed by atoms with E-state index in [1.54, 1.807) is 0 Å². The molecule has 31 heavy (non-hydrogen) atoms. The number of hydrogen-bond acceptors (Lipinski definition) is 8. The van der Waals surface area contributed by atoms with Gasteiger partial charge in [0.1, 0.15) is 12.4 Å². The second-order valence-electron chi connectivity index (χ2n) is 5.69. The molecule has 0 aliphatic rings. The summed E-state index contributed by atoms with van der Waals surface area (Å²) >= 11 is 0. The normalized spacial score (nSPS) is 10.8. The van der Waals surface area contributed by atoms with Crippen molar-refractivity contribution < 1.29 is 60.7 Å². The van der Waals surface area contributed by atoms with Crippen LogP contribution in [0.3, 0.4) is 0 Å². The minimum atomic E-state index is -4.81. The summed E-state index contributed by atoms with van der Waals surface area (Å²) in [5.74, 6) is -2.26. The summed E-state index contributed by atoms with van der Waals surface area (Å²) in [6, 6.07) is 8.23. The van der Waals surface area contributed by atoms with Crippen LogP contribution in [-0.2, 0) is 6.61 Å². The number of nitro groups is 1. The van der Waals surface area contributed by atoms with Gasteiger partial charge in [-0.05, 0) is 36.4 Å². The first-order valence-corrected chi connectivity index (χ1v) is 8.06. The van der Waals surface area contributed by atoms with Crippen molar-refractivity contribution in [2.45, 2.75) is 13.0 Å². The topological polar surface area (TPSA) is 128 Å². The van der Waals surface area contributed by atoms with E-state index in [1.807, 2.05) is 0 Å². The second kappa shape index (κ2) is 9.54. The Labute approximate surface area is 183 Å². The van der Waals surface area contributed by atoms with E-state index >= 15 is 0 Å². The van der Waals surface area contributed by atoms with Gasteiger partial charge in [-0.15, -0.1) is 13.2 Å². The van der Waals surface area contributed by atoms with Gasteiger partial charge >= 0.3 is 30.9 Å². The number of rotatable bonds is 7. The number of hydrogen-bond donors (Lipinski definition) is 0.